The van der Waals surface area contributed by atoms with Crippen LogP contribution in [0.15, 0.2) is 17.5 Å². The molecule has 1 aliphatic heterocycles. The standard InChI is InChI=1S/C15H18N4O2S2/c16-15-17-14(11-2-1-9-22-11)12(23-15)3-4-13(21)19-7-5-18(10-20)6-8-19/h1-2,9-10H,3-8H2,(H2,16,17). The van der Waals surface area contributed by atoms with Crippen molar-refractivity contribution in [3.8, 4) is 10.6 Å². The number of carbonyl (C=O) groups is 2. The maximum Gasteiger partial charge on any atom is 0.223 e. The molecule has 0 bridgehead atoms. The second-order valence-corrected chi connectivity index (χ2v) is 7.39. The van der Waals surface area contributed by atoms with Crippen molar-refractivity contribution in [2.45, 2.75) is 12.8 Å². The van der Waals surface area contributed by atoms with Gasteiger partial charge in [0.2, 0.25) is 12.3 Å². The van der Waals surface area contributed by atoms with Gasteiger partial charge in [-0.05, 0) is 17.9 Å². The number of hydrogen-bond acceptors (Lipinski definition) is 6. The van der Waals surface area contributed by atoms with Crippen molar-refractivity contribution in [1.29, 1.82) is 0 Å². The number of amides is 2. The van der Waals surface area contributed by atoms with E-state index in [1.54, 1.807) is 16.2 Å². The molecule has 6 nitrogen and oxygen atoms in total. The van der Waals surface area contributed by atoms with Crippen LogP contribution in [-0.2, 0) is 16.0 Å². The molecule has 0 atom stereocenters. The van der Waals surface area contributed by atoms with Crippen molar-refractivity contribution in [1.82, 2.24) is 14.8 Å². The SMILES string of the molecule is Nc1nc(-c2cccs2)c(CCC(=O)N2CCN(C=O)CC2)s1. The summed E-state index contributed by atoms with van der Waals surface area (Å²) < 4.78 is 0. The fourth-order valence-electron chi connectivity index (χ4n) is 2.60. The van der Waals surface area contributed by atoms with Gasteiger partial charge in [-0.1, -0.05) is 6.07 Å². The van der Waals surface area contributed by atoms with Crippen molar-refractivity contribution in [3.63, 3.8) is 0 Å². The third kappa shape index (κ3) is 3.70. The van der Waals surface area contributed by atoms with E-state index < -0.39 is 0 Å². The summed E-state index contributed by atoms with van der Waals surface area (Å²) in [5.41, 5.74) is 6.75. The third-order valence-electron chi connectivity index (χ3n) is 3.85. The average Bonchev–Trinajstić information content (AvgIpc) is 3.22. The molecule has 0 spiro atoms. The minimum atomic E-state index is 0.125. The molecule has 2 aromatic heterocycles. The lowest BCUT2D eigenvalue weighted by atomic mass is 10.2. The number of nitrogens with zero attached hydrogens (tertiary/aromatic N) is 3. The van der Waals surface area contributed by atoms with Crippen LogP contribution >= 0.6 is 22.7 Å². The number of piperazine rings is 1. The van der Waals surface area contributed by atoms with Crippen LogP contribution in [-0.4, -0.2) is 53.3 Å². The number of nitrogens with two attached hydrogens (primary N) is 1. The van der Waals surface area contributed by atoms with Crippen LogP contribution in [0.25, 0.3) is 10.6 Å². The molecule has 0 radical (unpaired) electrons. The van der Waals surface area contributed by atoms with Gasteiger partial charge in [-0.25, -0.2) is 4.98 Å². The molecule has 2 aromatic rings. The molecule has 122 valence electrons. The molecule has 1 saturated heterocycles. The molecule has 3 heterocycles. The highest BCUT2D eigenvalue weighted by Gasteiger charge is 2.21. The highest BCUT2D eigenvalue weighted by atomic mass is 32.1. The van der Waals surface area contributed by atoms with E-state index in [1.807, 2.05) is 22.4 Å². The number of nitrogen functional groups attached to an aromatic ring is 1. The predicted octanol–water partition coefficient (Wildman–Crippen LogP) is 1.69. The quantitative estimate of drug-likeness (QED) is 0.832. The van der Waals surface area contributed by atoms with E-state index >= 15 is 0 Å². The summed E-state index contributed by atoms with van der Waals surface area (Å²) in [6.07, 6.45) is 1.94. The zero-order chi connectivity index (χ0) is 16.2. The van der Waals surface area contributed by atoms with Crippen LogP contribution in [0.5, 0.6) is 0 Å². The van der Waals surface area contributed by atoms with E-state index in [0.717, 1.165) is 21.9 Å². The molecule has 1 fully saturated rings. The van der Waals surface area contributed by atoms with Crippen LogP contribution in [0.2, 0.25) is 0 Å². The Balaban J connectivity index is 1.61. The van der Waals surface area contributed by atoms with E-state index in [2.05, 4.69) is 4.98 Å². The zero-order valence-electron chi connectivity index (χ0n) is 12.6. The highest BCUT2D eigenvalue weighted by Crippen LogP contribution is 2.33. The van der Waals surface area contributed by atoms with Gasteiger partial charge in [0.15, 0.2) is 5.13 Å². The first kappa shape index (κ1) is 15.9. The highest BCUT2D eigenvalue weighted by molar-refractivity contribution is 7.17. The van der Waals surface area contributed by atoms with Crippen molar-refractivity contribution < 1.29 is 9.59 Å². The Hall–Kier alpha value is -1.93. The van der Waals surface area contributed by atoms with E-state index in [-0.39, 0.29) is 5.91 Å². The first-order valence-corrected chi connectivity index (χ1v) is 9.13. The van der Waals surface area contributed by atoms with Gasteiger partial charge in [0, 0.05) is 37.5 Å². The number of aryl methyl sites for hydroxylation is 1. The van der Waals surface area contributed by atoms with E-state index in [1.165, 1.54) is 11.3 Å². The Morgan fingerprint density at radius 3 is 2.78 bits per heavy atom. The molecule has 1 aliphatic rings. The number of rotatable bonds is 5. The van der Waals surface area contributed by atoms with Crippen LogP contribution in [0, 0.1) is 0 Å². The molecule has 8 heteroatoms. The summed E-state index contributed by atoms with van der Waals surface area (Å²) in [5, 5.41) is 2.54. The zero-order valence-corrected chi connectivity index (χ0v) is 14.2. The minimum absolute atomic E-state index is 0.125. The van der Waals surface area contributed by atoms with E-state index in [0.29, 0.717) is 44.2 Å². The maximum atomic E-state index is 12.3. The molecule has 0 saturated carbocycles. The lowest BCUT2D eigenvalue weighted by molar-refractivity contribution is -0.135. The van der Waals surface area contributed by atoms with Crippen molar-refractivity contribution in [2.75, 3.05) is 31.9 Å². The maximum absolute atomic E-state index is 12.3. The van der Waals surface area contributed by atoms with Crippen LogP contribution < -0.4 is 5.73 Å². The lowest BCUT2D eigenvalue weighted by Gasteiger charge is -2.32. The Morgan fingerprint density at radius 2 is 2.13 bits per heavy atom. The van der Waals surface area contributed by atoms with Gasteiger partial charge in [-0.15, -0.1) is 22.7 Å². The molecule has 23 heavy (non-hydrogen) atoms. The Kier molecular flexibility index (Phi) is 4.92. The summed E-state index contributed by atoms with van der Waals surface area (Å²) >= 11 is 3.08. The molecule has 3 rings (SSSR count). The summed E-state index contributed by atoms with van der Waals surface area (Å²) in [6, 6.07) is 4.00. The molecule has 0 unspecified atom stereocenters. The molecular formula is C15H18N4O2S2. The molecular weight excluding hydrogens is 332 g/mol. The number of hydrogen-bond donors (Lipinski definition) is 1. The Labute approximate surface area is 142 Å². The molecule has 0 aromatic carbocycles. The van der Waals surface area contributed by atoms with Crippen molar-refractivity contribution in [2.24, 2.45) is 0 Å². The van der Waals surface area contributed by atoms with Gasteiger partial charge in [0.05, 0.1) is 10.6 Å². The van der Waals surface area contributed by atoms with Crippen molar-refractivity contribution >= 4 is 40.1 Å². The number of aromatic nitrogens is 1. The Bertz CT molecular complexity index is 676. The van der Waals surface area contributed by atoms with E-state index in [4.69, 9.17) is 5.73 Å². The third-order valence-corrected chi connectivity index (χ3v) is 5.67. The second kappa shape index (κ2) is 7.10. The summed E-state index contributed by atoms with van der Waals surface area (Å²) in [4.78, 5) is 33.1. The molecule has 0 aliphatic carbocycles. The first-order chi connectivity index (χ1) is 11.2. The van der Waals surface area contributed by atoms with Crippen LogP contribution in [0.4, 0.5) is 5.13 Å². The summed E-state index contributed by atoms with van der Waals surface area (Å²) in [5.74, 6) is 0.125. The first-order valence-electron chi connectivity index (χ1n) is 7.43. The number of thiophene rings is 1. The minimum Gasteiger partial charge on any atom is -0.375 e. The topological polar surface area (TPSA) is 79.5 Å². The number of thiazole rings is 1. The van der Waals surface area contributed by atoms with E-state index in [9.17, 15) is 9.59 Å². The Morgan fingerprint density at radius 1 is 1.35 bits per heavy atom. The monoisotopic (exact) mass is 350 g/mol. The smallest absolute Gasteiger partial charge is 0.223 e. The fraction of sp³-hybridized carbons (Fsp3) is 0.400. The van der Waals surface area contributed by atoms with Gasteiger partial charge >= 0.3 is 0 Å². The second-order valence-electron chi connectivity index (χ2n) is 5.32. The molecule has 2 amide bonds. The number of anilines is 1. The van der Waals surface area contributed by atoms with Gasteiger partial charge < -0.3 is 15.5 Å². The molecule has 2 N–H and O–H groups in total. The van der Waals surface area contributed by atoms with Gasteiger partial charge in [0.1, 0.15) is 0 Å². The van der Waals surface area contributed by atoms with Gasteiger partial charge in [-0.3, -0.25) is 9.59 Å². The van der Waals surface area contributed by atoms with Crippen molar-refractivity contribution in [3.05, 3.63) is 22.4 Å². The van der Waals surface area contributed by atoms with Crippen LogP contribution in [0.1, 0.15) is 11.3 Å². The van der Waals surface area contributed by atoms with Crippen LogP contribution in [0.3, 0.4) is 0 Å². The normalized spacial score (nSPS) is 15.0. The average molecular weight is 350 g/mol. The van der Waals surface area contributed by atoms with Gasteiger partial charge in [0.25, 0.3) is 0 Å². The summed E-state index contributed by atoms with van der Waals surface area (Å²) in [7, 11) is 0. The number of carbonyl (C=O) groups excluding carboxylic acids is 2. The largest absolute Gasteiger partial charge is 0.375 e. The fourth-order valence-corrected chi connectivity index (χ4v) is 4.25. The predicted molar refractivity (Wildman–Crippen MR) is 92.4 cm³/mol. The van der Waals surface area contributed by atoms with Gasteiger partial charge in [-0.2, -0.15) is 0 Å². The lowest BCUT2D eigenvalue weighted by Crippen LogP contribution is -2.48. The summed E-state index contributed by atoms with van der Waals surface area (Å²) in [6.45, 7) is 2.45.